The predicted molar refractivity (Wildman–Crippen MR) is 122 cm³/mol. The van der Waals surface area contributed by atoms with Gasteiger partial charge in [0.05, 0.1) is 17.1 Å². The third-order valence-corrected chi connectivity index (χ3v) is 6.90. The molecule has 2 heterocycles. The zero-order chi connectivity index (χ0) is 22.0. The van der Waals surface area contributed by atoms with E-state index in [1.807, 2.05) is 25.1 Å². The zero-order valence-electron chi connectivity index (χ0n) is 18.3. The molecule has 2 amide bonds. The number of benzene rings is 1. The van der Waals surface area contributed by atoms with Crippen LogP contribution in [0.2, 0.25) is 5.02 Å². The van der Waals surface area contributed by atoms with Crippen LogP contribution in [0.1, 0.15) is 54.7 Å². The molecule has 31 heavy (non-hydrogen) atoms. The molecule has 1 aromatic heterocycles. The van der Waals surface area contributed by atoms with E-state index in [1.165, 1.54) is 5.56 Å². The first kappa shape index (κ1) is 21.9. The summed E-state index contributed by atoms with van der Waals surface area (Å²) in [5.74, 6) is 0.633. The number of halogens is 1. The molecule has 0 bridgehead atoms. The number of carbonyl (C=O) groups excluding carboxylic acids is 2. The van der Waals surface area contributed by atoms with Gasteiger partial charge in [-0.1, -0.05) is 37.9 Å². The van der Waals surface area contributed by atoms with E-state index in [4.69, 9.17) is 21.3 Å². The Morgan fingerprint density at radius 3 is 2.61 bits per heavy atom. The average molecular weight is 444 g/mol. The van der Waals surface area contributed by atoms with Crippen molar-refractivity contribution in [1.29, 1.82) is 0 Å². The average Bonchev–Trinajstić information content (AvgIpc) is 2.81. The molecule has 0 spiro atoms. The van der Waals surface area contributed by atoms with Crippen LogP contribution in [-0.4, -0.2) is 59.6 Å². The molecule has 0 saturated carbocycles. The molecule has 166 valence electrons. The number of nitrogens with zero attached hydrogens (tertiary/aromatic N) is 3. The van der Waals surface area contributed by atoms with Gasteiger partial charge in [-0.3, -0.25) is 9.78 Å². The van der Waals surface area contributed by atoms with E-state index in [0.717, 1.165) is 53.7 Å². The highest BCUT2D eigenvalue weighted by molar-refractivity contribution is 6.36. The summed E-state index contributed by atoms with van der Waals surface area (Å²) in [5.41, 5.74) is 3.65. The van der Waals surface area contributed by atoms with Crippen LogP contribution >= 0.6 is 11.6 Å². The van der Waals surface area contributed by atoms with Crippen LogP contribution in [-0.2, 0) is 17.6 Å². The molecule has 2 aliphatic rings. The highest BCUT2D eigenvalue weighted by Crippen LogP contribution is 2.36. The summed E-state index contributed by atoms with van der Waals surface area (Å²) in [6.45, 7) is 6.57. The zero-order valence-corrected chi connectivity index (χ0v) is 19.1. The molecule has 1 atom stereocenters. The molecule has 1 fully saturated rings. The van der Waals surface area contributed by atoms with E-state index in [2.05, 4.69) is 6.92 Å². The number of aromatic nitrogens is 1. The van der Waals surface area contributed by atoms with Gasteiger partial charge in [0.2, 0.25) is 0 Å². The summed E-state index contributed by atoms with van der Waals surface area (Å²) >= 11 is 6.76. The van der Waals surface area contributed by atoms with E-state index in [-0.39, 0.29) is 12.0 Å². The summed E-state index contributed by atoms with van der Waals surface area (Å²) in [6, 6.07) is 5.62. The molecule has 0 N–H and O–H groups in total. The highest BCUT2D eigenvalue weighted by atomic mass is 35.5. The number of rotatable bonds is 4. The third-order valence-electron chi connectivity index (χ3n) is 6.46. The molecule has 1 aliphatic heterocycles. The molecule has 1 saturated heterocycles. The normalized spacial score (nSPS) is 18.7. The van der Waals surface area contributed by atoms with Crippen molar-refractivity contribution in [2.45, 2.75) is 46.0 Å². The summed E-state index contributed by atoms with van der Waals surface area (Å²) in [6.07, 6.45) is 4.73. The predicted octanol–water partition coefficient (Wildman–Crippen LogP) is 4.71. The quantitative estimate of drug-likeness (QED) is 0.686. The second-order valence-corrected chi connectivity index (χ2v) is 8.87. The number of carbonyl (C=O) groups is 2. The lowest BCUT2D eigenvalue weighted by molar-refractivity contribution is 0.0560. The fourth-order valence-electron chi connectivity index (χ4n) is 4.49. The summed E-state index contributed by atoms with van der Waals surface area (Å²) in [7, 11) is 0. The van der Waals surface area contributed by atoms with Crippen LogP contribution in [0.3, 0.4) is 0 Å². The van der Waals surface area contributed by atoms with Crippen molar-refractivity contribution in [1.82, 2.24) is 14.8 Å². The Morgan fingerprint density at radius 1 is 1.16 bits per heavy atom. The Morgan fingerprint density at radius 2 is 1.90 bits per heavy atom. The molecule has 0 radical (unpaired) electrons. The lowest BCUT2D eigenvalue weighted by Crippen LogP contribution is -2.50. The lowest BCUT2D eigenvalue weighted by atomic mass is 9.84. The molecule has 4 rings (SSSR count). The smallest absolute Gasteiger partial charge is 0.409 e. The Labute approximate surface area is 188 Å². The van der Waals surface area contributed by atoms with E-state index in [0.29, 0.717) is 44.3 Å². The van der Waals surface area contributed by atoms with Crippen molar-refractivity contribution in [2.75, 3.05) is 32.8 Å². The van der Waals surface area contributed by atoms with Gasteiger partial charge in [-0.05, 0) is 49.3 Å². The van der Waals surface area contributed by atoms with E-state index in [1.54, 1.807) is 9.80 Å². The van der Waals surface area contributed by atoms with E-state index >= 15 is 0 Å². The molecule has 1 aliphatic carbocycles. The topological polar surface area (TPSA) is 62.7 Å². The first-order chi connectivity index (χ1) is 15.0. The number of ether oxygens (including phenoxy) is 1. The Balaban J connectivity index is 1.49. The van der Waals surface area contributed by atoms with Gasteiger partial charge in [0, 0.05) is 42.8 Å². The van der Waals surface area contributed by atoms with Crippen LogP contribution in [0, 0.1) is 5.92 Å². The second kappa shape index (κ2) is 9.43. The van der Waals surface area contributed by atoms with Gasteiger partial charge in [0.15, 0.2) is 0 Å². The maximum Gasteiger partial charge on any atom is 0.409 e. The van der Waals surface area contributed by atoms with Gasteiger partial charge in [-0.15, -0.1) is 0 Å². The maximum atomic E-state index is 13.1. The molecule has 7 heteroatoms. The van der Waals surface area contributed by atoms with Gasteiger partial charge in [0.25, 0.3) is 5.91 Å². The molecular weight excluding hydrogens is 414 g/mol. The Kier molecular flexibility index (Phi) is 6.65. The van der Waals surface area contributed by atoms with Crippen LogP contribution in [0.25, 0.3) is 10.9 Å². The van der Waals surface area contributed by atoms with E-state index in [9.17, 15) is 9.59 Å². The van der Waals surface area contributed by atoms with E-state index < -0.39 is 0 Å². The molecule has 6 nitrogen and oxygen atoms in total. The second-order valence-electron chi connectivity index (χ2n) is 8.49. The van der Waals surface area contributed by atoms with Crippen molar-refractivity contribution >= 4 is 34.5 Å². The van der Waals surface area contributed by atoms with Gasteiger partial charge in [-0.25, -0.2) is 4.79 Å². The standard InChI is InChI=1S/C24H30ClN3O3/c1-3-13-31-24(30)28-11-9-27(10-12-28)23(29)17-6-7-18-21(15-17)26-20-8-5-16(4-2)14-19(20)22(18)25/h6-7,15-16H,3-5,8-14H2,1-2H3. The first-order valence-electron chi connectivity index (χ1n) is 11.3. The van der Waals surface area contributed by atoms with Gasteiger partial charge < -0.3 is 14.5 Å². The number of amides is 2. The summed E-state index contributed by atoms with van der Waals surface area (Å²) in [4.78, 5) is 33.4. The van der Waals surface area contributed by atoms with Crippen molar-refractivity contribution < 1.29 is 14.3 Å². The Bertz CT molecular complexity index is 986. The molecule has 1 unspecified atom stereocenters. The molecule has 1 aromatic carbocycles. The summed E-state index contributed by atoms with van der Waals surface area (Å²) < 4.78 is 5.19. The van der Waals surface area contributed by atoms with Gasteiger partial charge >= 0.3 is 6.09 Å². The fourth-order valence-corrected chi connectivity index (χ4v) is 4.84. The number of piperazine rings is 1. The third kappa shape index (κ3) is 4.49. The summed E-state index contributed by atoms with van der Waals surface area (Å²) in [5, 5.41) is 1.70. The molecule has 2 aromatic rings. The van der Waals surface area contributed by atoms with Crippen LogP contribution in [0.4, 0.5) is 4.79 Å². The first-order valence-corrected chi connectivity index (χ1v) is 11.7. The number of fused-ring (bicyclic) bond motifs is 2. The van der Waals surface area contributed by atoms with Crippen molar-refractivity contribution in [2.24, 2.45) is 5.92 Å². The van der Waals surface area contributed by atoms with Gasteiger partial charge in [-0.2, -0.15) is 0 Å². The number of hydrogen-bond acceptors (Lipinski definition) is 4. The highest BCUT2D eigenvalue weighted by Gasteiger charge is 2.27. The number of aryl methyl sites for hydroxylation is 1. The largest absolute Gasteiger partial charge is 0.449 e. The minimum Gasteiger partial charge on any atom is -0.449 e. The van der Waals surface area contributed by atoms with Crippen LogP contribution in [0.5, 0.6) is 0 Å². The molecular formula is C24H30ClN3O3. The van der Waals surface area contributed by atoms with Crippen molar-refractivity contribution in [3.8, 4) is 0 Å². The Hall–Kier alpha value is -2.34. The SMILES string of the molecule is CCCOC(=O)N1CCN(C(=O)c2ccc3c(Cl)c4c(nc3c2)CCC(CC)C4)CC1. The minimum absolute atomic E-state index is 0.0369. The minimum atomic E-state index is -0.298. The number of pyridine rings is 1. The van der Waals surface area contributed by atoms with Crippen molar-refractivity contribution in [3.63, 3.8) is 0 Å². The monoisotopic (exact) mass is 443 g/mol. The maximum absolute atomic E-state index is 13.1. The number of hydrogen-bond donors (Lipinski definition) is 0. The lowest BCUT2D eigenvalue weighted by Gasteiger charge is -2.34. The van der Waals surface area contributed by atoms with Crippen LogP contribution in [0.15, 0.2) is 18.2 Å². The van der Waals surface area contributed by atoms with Crippen LogP contribution < -0.4 is 0 Å². The fraction of sp³-hybridized carbons (Fsp3) is 0.542. The van der Waals surface area contributed by atoms with Gasteiger partial charge in [0.1, 0.15) is 0 Å². The van der Waals surface area contributed by atoms with Crippen molar-refractivity contribution in [3.05, 3.63) is 40.0 Å².